The van der Waals surface area contributed by atoms with Gasteiger partial charge in [-0.2, -0.15) is 5.10 Å². The summed E-state index contributed by atoms with van der Waals surface area (Å²) >= 11 is 0. The van der Waals surface area contributed by atoms with Crippen LogP contribution >= 0.6 is 0 Å². The molecule has 0 aliphatic heterocycles. The highest BCUT2D eigenvalue weighted by Crippen LogP contribution is 2.31. The van der Waals surface area contributed by atoms with E-state index in [4.69, 9.17) is 9.47 Å². The molecule has 0 saturated heterocycles. The first-order chi connectivity index (χ1) is 17.1. The summed E-state index contributed by atoms with van der Waals surface area (Å²) in [5.74, 6) is -1.25. The van der Waals surface area contributed by atoms with Crippen LogP contribution in [0.15, 0.2) is 66.9 Å². The van der Waals surface area contributed by atoms with Crippen LogP contribution in [-0.2, 0) is 4.79 Å². The molecule has 1 amide bonds. The zero-order chi connectivity index (χ0) is 26.0. The fourth-order valence-corrected chi connectivity index (χ4v) is 3.79. The summed E-state index contributed by atoms with van der Waals surface area (Å²) in [5.41, 5.74) is -0.212. The van der Waals surface area contributed by atoms with E-state index in [0.29, 0.717) is 17.0 Å². The van der Waals surface area contributed by atoms with Crippen molar-refractivity contribution in [2.45, 2.75) is 38.6 Å². The van der Waals surface area contributed by atoms with Crippen molar-refractivity contribution in [2.75, 3.05) is 7.11 Å². The maximum absolute atomic E-state index is 14.5. The Balaban J connectivity index is 1.66. The molecule has 0 aliphatic carbocycles. The lowest BCUT2D eigenvalue weighted by Gasteiger charge is -2.28. The van der Waals surface area contributed by atoms with E-state index in [2.05, 4.69) is 10.4 Å². The third kappa shape index (κ3) is 5.30. The minimum absolute atomic E-state index is 0.0636. The number of benzene rings is 3. The number of aromatic nitrogens is 2. The molecule has 2 unspecified atom stereocenters. The first-order valence-electron chi connectivity index (χ1n) is 11.3. The number of amides is 1. The Morgan fingerprint density at radius 2 is 1.78 bits per heavy atom. The lowest BCUT2D eigenvalue weighted by Crippen LogP contribution is -2.46. The van der Waals surface area contributed by atoms with E-state index < -0.39 is 29.5 Å². The highest BCUT2D eigenvalue weighted by atomic mass is 19.1. The molecule has 1 N–H and O–H groups in total. The molecule has 9 heteroatoms. The van der Waals surface area contributed by atoms with Crippen LogP contribution in [0.25, 0.3) is 16.6 Å². The van der Waals surface area contributed by atoms with Crippen LogP contribution in [0.5, 0.6) is 11.5 Å². The topological polar surface area (TPSA) is 65.4 Å². The normalized spacial score (nSPS) is 13.3. The van der Waals surface area contributed by atoms with Gasteiger partial charge in [-0.05, 0) is 80.9 Å². The molecule has 4 aromatic rings. The number of alkyl halides is 1. The molecular formula is C27H26F3N3O3. The highest BCUT2D eigenvalue weighted by Gasteiger charge is 2.31. The Hall–Kier alpha value is -4.01. The molecule has 0 saturated carbocycles. The van der Waals surface area contributed by atoms with Gasteiger partial charge in [-0.25, -0.2) is 17.9 Å². The number of carbonyl (C=O) groups is 1. The number of carbonyl (C=O) groups excluding carboxylic acids is 1. The van der Waals surface area contributed by atoms with E-state index in [-0.39, 0.29) is 11.6 Å². The Labute approximate surface area is 206 Å². The monoisotopic (exact) mass is 497 g/mol. The van der Waals surface area contributed by atoms with Crippen molar-refractivity contribution < 1.29 is 27.4 Å². The largest absolute Gasteiger partial charge is 0.494 e. The lowest BCUT2D eigenvalue weighted by molar-refractivity contribution is -0.132. The van der Waals surface area contributed by atoms with Gasteiger partial charge in [-0.1, -0.05) is 6.07 Å². The lowest BCUT2D eigenvalue weighted by atomic mass is 10.0. The number of hydrogen-bond donors (Lipinski definition) is 1. The number of nitrogens with zero attached hydrogens (tertiary/aromatic N) is 2. The van der Waals surface area contributed by atoms with E-state index in [0.717, 1.165) is 24.8 Å². The number of halogens is 3. The van der Waals surface area contributed by atoms with E-state index in [9.17, 15) is 18.0 Å². The van der Waals surface area contributed by atoms with Gasteiger partial charge in [0.25, 0.3) is 5.91 Å². The second-order valence-electron chi connectivity index (χ2n) is 8.92. The third-order valence-electron chi connectivity index (χ3n) is 5.73. The van der Waals surface area contributed by atoms with Crippen LogP contribution in [-0.4, -0.2) is 34.5 Å². The predicted octanol–water partition coefficient (Wildman–Crippen LogP) is 5.69. The Bertz CT molecular complexity index is 1380. The molecule has 0 spiro atoms. The third-order valence-corrected chi connectivity index (χ3v) is 5.73. The predicted molar refractivity (Wildman–Crippen MR) is 130 cm³/mol. The van der Waals surface area contributed by atoms with Crippen molar-refractivity contribution in [1.82, 2.24) is 15.1 Å². The molecule has 6 nitrogen and oxygen atoms in total. The van der Waals surface area contributed by atoms with E-state index in [1.54, 1.807) is 54.2 Å². The van der Waals surface area contributed by atoms with Crippen molar-refractivity contribution in [2.24, 2.45) is 0 Å². The second-order valence-corrected chi connectivity index (χ2v) is 8.92. The van der Waals surface area contributed by atoms with Crippen LogP contribution < -0.4 is 14.8 Å². The molecular weight excluding hydrogens is 471 g/mol. The van der Waals surface area contributed by atoms with Crippen LogP contribution in [0.4, 0.5) is 13.2 Å². The quantitative estimate of drug-likeness (QED) is 0.340. The summed E-state index contributed by atoms with van der Waals surface area (Å²) in [7, 11) is 1.36. The number of nitrogens with one attached hydrogen (secondary N) is 1. The number of methoxy groups -OCH3 is 1. The van der Waals surface area contributed by atoms with Gasteiger partial charge >= 0.3 is 0 Å². The van der Waals surface area contributed by atoms with Gasteiger partial charge in [-0.15, -0.1) is 0 Å². The SMILES string of the molecule is COc1ccc(C(Oc2ccc3c(cnn3-c3ccc(F)cc3)c2)C(C)NC(=O)C(C)(C)F)cc1F. The molecule has 36 heavy (non-hydrogen) atoms. The van der Waals surface area contributed by atoms with Crippen LogP contribution in [0, 0.1) is 11.6 Å². The van der Waals surface area contributed by atoms with Crippen LogP contribution in [0.2, 0.25) is 0 Å². The van der Waals surface area contributed by atoms with E-state index >= 15 is 0 Å². The summed E-state index contributed by atoms with van der Waals surface area (Å²) in [6.45, 7) is 3.97. The van der Waals surface area contributed by atoms with Crippen LogP contribution in [0.1, 0.15) is 32.4 Å². The smallest absolute Gasteiger partial charge is 0.257 e. The minimum Gasteiger partial charge on any atom is -0.494 e. The zero-order valence-corrected chi connectivity index (χ0v) is 20.3. The first kappa shape index (κ1) is 25.1. The Morgan fingerprint density at radius 1 is 1.06 bits per heavy atom. The van der Waals surface area contributed by atoms with Gasteiger partial charge < -0.3 is 14.8 Å². The molecule has 3 aromatic carbocycles. The molecule has 1 aromatic heterocycles. The number of hydrogen-bond acceptors (Lipinski definition) is 4. The summed E-state index contributed by atoms with van der Waals surface area (Å²) in [5, 5.41) is 7.74. The van der Waals surface area contributed by atoms with Crippen LogP contribution in [0.3, 0.4) is 0 Å². The first-order valence-corrected chi connectivity index (χ1v) is 11.3. The minimum atomic E-state index is -2.10. The molecule has 188 valence electrons. The molecule has 2 atom stereocenters. The Kier molecular flexibility index (Phi) is 6.92. The summed E-state index contributed by atoms with van der Waals surface area (Å²) < 4.78 is 54.9. The summed E-state index contributed by atoms with van der Waals surface area (Å²) in [6.07, 6.45) is 0.797. The molecule has 0 fully saturated rings. The average Bonchev–Trinajstić information content (AvgIpc) is 3.25. The number of fused-ring (bicyclic) bond motifs is 1. The molecule has 0 radical (unpaired) electrons. The highest BCUT2D eigenvalue weighted by molar-refractivity contribution is 5.84. The maximum atomic E-state index is 14.5. The fraction of sp³-hybridized carbons (Fsp3) is 0.259. The number of rotatable bonds is 8. The van der Waals surface area contributed by atoms with Gasteiger partial charge in [-0.3, -0.25) is 4.79 Å². The molecule has 0 bridgehead atoms. The van der Waals surface area contributed by atoms with Gasteiger partial charge in [0, 0.05) is 5.39 Å². The standard InChI is InChI=1S/C27H26F3N3O3/c1-16(32-26(34)27(2,3)30)25(17-5-12-24(35-4)22(29)14-17)36-21-10-11-23-18(13-21)15-31-33(23)20-8-6-19(28)7-9-20/h5-16,25H,1-4H3,(H,32,34). The maximum Gasteiger partial charge on any atom is 0.257 e. The van der Waals surface area contributed by atoms with Gasteiger partial charge in [0.1, 0.15) is 17.7 Å². The van der Waals surface area contributed by atoms with Gasteiger partial charge in [0.15, 0.2) is 17.2 Å². The molecule has 4 rings (SSSR count). The average molecular weight is 498 g/mol. The van der Waals surface area contributed by atoms with Gasteiger partial charge in [0.2, 0.25) is 0 Å². The molecule has 0 aliphatic rings. The van der Waals surface area contributed by atoms with Crippen molar-refractivity contribution in [3.63, 3.8) is 0 Å². The van der Waals surface area contributed by atoms with Crippen molar-refractivity contribution in [1.29, 1.82) is 0 Å². The fourth-order valence-electron chi connectivity index (χ4n) is 3.79. The second kappa shape index (κ2) is 9.93. The summed E-state index contributed by atoms with van der Waals surface area (Å²) in [6, 6.07) is 14.9. The van der Waals surface area contributed by atoms with E-state index in [1.807, 2.05) is 0 Å². The summed E-state index contributed by atoms with van der Waals surface area (Å²) in [4.78, 5) is 12.3. The van der Waals surface area contributed by atoms with E-state index in [1.165, 1.54) is 31.4 Å². The number of ether oxygens (including phenoxy) is 2. The zero-order valence-electron chi connectivity index (χ0n) is 20.3. The van der Waals surface area contributed by atoms with Gasteiger partial charge in [0.05, 0.1) is 30.6 Å². The van der Waals surface area contributed by atoms with Crippen molar-refractivity contribution in [3.8, 4) is 17.2 Å². The molecule has 1 heterocycles. The Morgan fingerprint density at radius 3 is 2.42 bits per heavy atom. The van der Waals surface area contributed by atoms with Crippen molar-refractivity contribution >= 4 is 16.8 Å². The van der Waals surface area contributed by atoms with Crippen molar-refractivity contribution in [3.05, 3.63) is 84.1 Å².